The topological polar surface area (TPSA) is 101 Å². The maximum atomic E-state index is 12.6. The van der Waals surface area contributed by atoms with E-state index in [9.17, 15) is 13.2 Å². The predicted molar refractivity (Wildman–Crippen MR) is 113 cm³/mol. The summed E-state index contributed by atoms with van der Waals surface area (Å²) in [5.41, 5.74) is 2.29. The van der Waals surface area contributed by atoms with Crippen LogP contribution < -0.4 is 4.72 Å². The summed E-state index contributed by atoms with van der Waals surface area (Å²) in [7, 11) is -4.16. The SMILES string of the molecule is CC(C)Cc1cc(-c2ccc(C(C)n3ccnc3)cc2)c(S(=O)(=O)NC(=O)O)s1. The smallest absolute Gasteiger partial charge is 0.418 e. The molecule has 2 aromatic heterocycles. The fraction of sp³-hybridized carbons (Fsp3) is 0.300. The number of hydrogen-bond donors (Lipinski definition) is 2. The van der Waals surface area contributed by atoms with E-state index < -0.39 is 16.1 Å². The largest absolute Gasteiger partial charge is 0.464 e. The van der Waals surface area contributed by atoms with E-state index in [1.165, 1.54) is 0 Å². The molecule has 29 heavy (non-hydrogen) atoms. The van der Waals surface area contributed by atoms with Gasteiger partial charge in [-0.25, -0.2) is 22.9 Å². The summed E-state index contributed by atoms with van der Waals surface area (Å²) in [6.07, 6.45) is 4.48. The molecule has 1 atom stereocenters. The van der Waals surface area contributed by atoms with Crippen molar-refractivity contribution in [2.24, 2.45) is 5.92 Å². The molecule has 1 aromatic carbocycles. The van der Waals surface area contributed by atoms with Crippen molar-refractivity contribution in [2.75, 3.05) is 0 Å². The van der Waals surface area contributed by atoms with E-state index in [0.717, 1.165) is 33.8 Å². The van der Waals surface area contributed by atoms with Crippen LogP contribution in [0.15, 0.2) is 53.3 Å². The fourth-order valence-electron chi connectivity index (χ4n) is 3.10. The van der Waals surface area contributed by atoms with Gasteiger partial charge >= 0.3 is 6.09 Å². The Kier molecular flexibility index (Phi) is 6.09. The molecular formula is C20H23N3O4S2. The molecule has 0 aliphatic carbocycles. The van der Waals surface area contributed by atoms with Gasteiger partial charge in [0.1, 0.15) is 4.21 Å². The Balaban J connectivity index is 2.00. The standard InChI is InChI=1S/C20H23N3O4S2/c1-13(2)10-17-11-18(19(28-17)29(26,27)22-20(24)25)16-6-4-15(5-7-16)14(3)23-9-8-21-12-23/h4-9,11-14,22H,10H2,1-3H3,(H,24,25). The van der Waals surface area contributed by atoms with Crippen LogP contribution in [0, 0.1) is 5.92 Å². The average molecular weight is 434 g/mol. The van der Waals surface area contributed by atoms with Crippen molar-refractivity contribution in [3.63, 3.8) is 0 Å². The molecule has 0 bridgehead atoms. The van der Waals surface area contributed by atoms with Crippen molar-refractivity contribution in [3.8, 4) is 11.1 Å². The highest BCUT2D eigenvalue weighted by molar-refractivity contribution is 7.92. The molecule has 7 nitrogen and oxygen atoms in total. The van der Waals surface area contributed by atoms with Crippen molar-refractivity contribution in [2.45, 2.75) is 37.4 Å². The van der Waals surface area contributed by atoms with Gasteiger partial charge in [0, 0.05) is 22.8 Å². The lowest BCUT2D eigenvalue weighted by Gasteiger charge is -2.14. The maximum Gasteiger partial charge on any atom is 0.418 e. The zero-order chi connectivity index (χ0) is 21.2. The monoisotopic (exact) mass is 433 g/mol. The Labute approximate surface area is 174 Å². The zero-order valence-electron chi connectivity index (χ0n) is 16.4. The van der Waals surface area contributed by atoms with Crippen LogP contribution in [0.2, 0.25) is 0 Å². The number of benzene rings is 1. The van der Waals surface area contributed by atoms with Crippen LogP contribution in [0.25, 0.3) is 11.1 Å². The van der Waals surface area contributed by atoms with E-state index in [1.54, 1.807) is 17.2 Å². The van der Waals surface area contributed by atoms with Gasteiger partial charge in [0.15, 0.2) is 0 Å². The summed E-state index contributed by atoms with van der Waals surface area (Å²) < 4.78 is 28.8. The van der Waals surface area contributed by atoms with Gasteiger partial charge in [0.05, 0.1) is 12.4 Å². The van der Waals surface area contributed by atoms with E-state index in [4.69, 9.17) is 5.11 Å². The Hall–Kier alpha value is -2.65. The molecule has 0 saturated carbocycles. The first-order chi connectivity index (χ1) is 13.7. The van der Waals surface area contributed by atoms with Gasteiger partial charge in [0.25, 0.3) is 10.0 Å². The molecule has 3 rings (SSSR count). The molecule has 0 aliphatic heterocycles. The molecule has 2 N–H and O–H groups in total. The average Bonchev–Trinajstić information content (AvgIpc) is 3.30. The summed E-state index contributed by atoms with van der Waals surface area (Å²) in [5.74, 6) is 0.350. The van der Waals surface area contributed by atoms with E-state index in [2.05, 4.69) is 25.8 Å². The summed E-state index contributed by atoms with van der Waals surface area (Å²) in [5, 5.41) is 8.92. The van der Waals surface area contributed by atoms with Crippen molar-refractivity contribution in [3.05, 3.63) is 59.5 Å². The molecule has 0 fully saturated rings. The van der Waals surface area contributed by atoms with Gasteiger partial charge in [-0.1, -0.05) is 38.1 Å². The first-order valence-electron chi connectivity index (χ1n) is 9.13. The molecule has 0 spiro atoms. The first kappa shape index (κ1) is 21.1. The molecular weight excluding hydrogens is 410 g/mol. The third-order valence-corrected chi connectivity index (χ3v) is 7.51. The van der Waals surface area contributed by atoms with Gasteiger partial charge in [-0.05, 0) is 36.5 Å². The Morgan fingerprint density at radius 3 is 2.48 bits per heavy atom. The number of hydrogen-bond acceptors (Lipinski definition) is 5. The molecule has 0 radical (unpaired) electrons. The number of imidazole rings is 1. The lowest BCUT2D eigenvalue weighted by Crippen LogP contribution is -2.28. The number of nitrogens with one attached hydrogen (secondary N) is 1. The van der Waals surface area contributed by atoms with Gasteiger partial charge < -0.3 is 9.67 Å². The number of aromatic nitrogens is 2. The second-order valence-corrected chi connectivity index (χ2v) is 10.2. The lowest BCUT2D eigenvalue weighted by molar-refractivity contribution is 0.201. The number of carboxylic acid groups (broad SMARTS) is 1. The van der Waals surface area contributed by atoms with Crippen LogP contribution in [0.3, 0.4) is 0 Å². The van der Waals surface area contributed by atoms with E-state index in [1.807, 2.05) is 41.1 Å². The Bertz CT molecular complexity index is 1090. The minimum atomic E-state index is -4.16. The van der Waals surface area contributed by atoms with Crippen LogP contribution >= 0.6 is 11.3 Å². The van der Waals surface area contributed by atoms with Gasteiger partial charge in [-0.15, -0.1) is 11.3 Å². The van der Waals surface area contributed by atoms with Crippen molar-refractivity contribution >= 4 is 27.5 Å². The third-order valence-electron chi connectivity index (χ3n) is 4.50. The predicted octanol–water partition coefficient (Wildman–Crippen LogP) is 4.38. The molecule has 9 heteroatoms. The van der Waals surface area contributed by atoms with E-state index in [0.29, 0.717) is 11.5 Å². The van der Waals surface area contributed by atoms with Gasteiger partial charge in [0.2, 0.25) is 0 Å². The molecule has 154 valence electrons. The normalized spacial score (nSPS) is 12.8. The zero-order valence-corrected chi connectivity index (χ0v) is 18.0. The minimum Gasteiger partial charge on any atom is -0.464 e. The highest BCUT2D eigenvalue weighted by atomic mass is 32.2. The van der Waals surface area contributed by atoms with Crippen LogP contribution in [0.1, 0.15) is 37.3 Å². The van der Waals surface area contributed by atoms with Gasteiger partial charge in [-0.2, -0.15) is 0 Å². The molecule has 3 aromatic rings. The second-order valence-electron chi connectivity index (χ2n) is 7.23. The summed E-state index contributed by atoms with van der Waals surface area (Å²) in [6.45, 7) is 6.15. The van der Waals surface area contributed by atoms with E-state index in [-0.39, 0.29) is 10.3 Å². The first-order valence-corrected chi connectivity index (χ1v) is 11.4. The molecule has 1 unspecified atom stereocenters. The highest BCUT2D eigenvalue weighted by Crippen LogP contribution is 2.36. The van der Waals surface area contributed by atoms with Gasteiger partial charge in [-0.3, -0.25) is 0 Å². The summed E-state index contributed by atoms with van der Waals surface area (Å²) >= 11 is 1.11. The number of rotatable bonds is 7. The number of thiophene rings is 1. The maximum absolute atomic E-state index is 12.6. The lowest BCUT2D eigenvalue weighted by atomic mass is 10.0. The number of nitrogens with zero attached hydrogens (tertiary/aromatic N) is 2. The van der Waals surface area contributed by atoms with Crippen LogP contribution in [-0.4, -0.2) is 29.2 Å². The van der Waals surface area contributed by atoms with E-state index >= 15 is 0 Å². The third kappa shape index (κ3) is 4.86. The minimum absolute atomic E-state index is 0.0194. The van der Waals surface area contributed by atoms with Crippen LogP contribution in [0.5, 0.6) is 0 Å². The number of amides is 1. The molecule has 0 aliphatic rings. The van der Waals surface area contributed by atoms with Crippen molar-refractivity contribution < 1.29 is 18.3 Å². The molecule has 1 amide bonds. The number of sulfonamides is 1. The fourth-order valence-corrected chi connectivity index (χ4v) is 5.89. The molecule has 0 saturated heterocycles. The highest BCUT2D eigenvalue weighted by Gasteiger charge is 2.25. The number of carbonyl (C=O) groups is 1. The summed E-state index contributed by atoms with van der Waals surface area (Å²) in [6, 6.07) is 9.55. The quantitative estimate of drug-likeness (QED) is 0.576. The van der Waals surface area contributed by atoms with Crippen LogP contribution in [0.4, 0.5) is 4.79 Å². The Morgan fingerprint density at radius 2 is 1.93 bits per heavy atom. The van der Waals surface area contributed by atoms with Crippen LogP contribution in [-0.2, 0) is 16.4 Å². The Morgan fingerprint density at radius 1 is 1.24 bits per heavy atom. The summed E-state index contributed by atoms with van der Waals surface area (Å²) in [4.78, 5) is 15.9. The molecule has 2 heterocycles. The van der Waals surface area contributed by atoms with Crippen molar-refractivity contribution in [1.82, 2.24) is 14.3 Å². The van der Waals surface area contributed by atoms with Crippen molar-refractivity contribution in [1.29, 1.82) is 0 Å². The second kappa shape index (κ2) is 8.38.